The van der Waals surface area contributed by atoms with E-state index in [1.165, 1.54) is 47.4 Å². The van der Waals surface area contributed by atoms with Crippen LogP contribution in [0.1, 0.15) is 11.3 Å². The van der Waals surface area contributed by atoms with Gasteiger partial charge in [-0.1, -0.05) is 30.0 Å². The summed E-state index contributed by atoms with van der Waals surface area (Å²) in [6, 6.07) is 10.5. The molecule has 0 unspecified atom stereocenters. The van der Waals surface area contributed by atoms with Gasteiger partial charge in [0.1, 0.15) is 5.82 Å². The second-order valence-electron chi connectivity index (χ2n) is 6.78. The summed E-state index contributed by atoms with van der Waals surface area (Å²) in [6.07, 6.45) is -4.56. The molecule has 0 saturated carbocycles. The zero-order valence-corrected chi connectivity index (χ0v) is 18.6. The van der Waals surface area contributed by atoms with E-state index in [1.807, 2.05) is 24.6 Å². The maximum Gasteiger partial charge on any atom is 0.418 e. The predicted molar refractivity (Wildman–Crippen MR) is 117 cm³/mol. The number of thioether (sulfide) groups is 1. The molecule has 166 valence electrons. The number of para-hydroxylation sites is 1. The first-order chi connectivity index (χ1) is 15.2. The summed E-state index contributed by atoms with van der Waals surface area (Å²) in [6.45, 7) is 1.64. The van der Waals surface area contributed by atoms with Crippen molar-refractivity contribution >= 4 is 34.8 Å². The van der Waals surface area contributed by atoms with Gasteiger partial charge in [0.15, 0.2) is 11.0 Å². The molecule has 1 aromatic carbocycles. The largest absolute Gasteiger partial charge is 0.418 e. The number of nitrogens with one attached hydrogen (secondary N) is 1. The number of anilines is 1. The van der Waals surface area contributed by atoms with E-state index in [2.05, 4.69) is 20.6 Å². The van der Waals surface area contributed by atoms with Crippen molar-refractivity contribution < 1.29 is 18.0 Å². The number of nitrogens with zero attached hydrogens (tertiary/aromatic N) is 5. The molecule has 0 saturated heterocycles. The molecule has 4 rings (SSSR count). The van der Waals surface area contributed by atoms with Crippen LogP contribution in [0, 0.1) is 6.92 Å². The number of carbonyl (C=O) groups excluding carboxylic acids is 1. The molecule has 1 amide bonds. The lowest BCUT2D eigenvalue weighted by Gasteiger charge is -2.15. The summed E-state index contributed by atoms with van der Waals surface area (Å²) in [5.74, 6) is 0.449. The molecule has 0 bridgehead atoms. The molecule has 4 aromatic rings. The fourth-order valence-corrected chi connectivity index (χ4v) is 4.50. The standard InChI is InChI=1S/C20H17F3N6OS2/c1-12-10-16(29(27-12)14-7-4-3-6-13(14)20(21,22)23)24-17(30)11-32-19-26-25-18(28(19)2)15-8-5-9-31-15/h3-10H,11H2,1-2H3,(H,24,30). The maximum absolute atomic E-state index is 13.4. The number of carbonyl (C=O) groups is 1. The first-order valence-corrected chi connectivity index (χ1v) is 11.2. The van der Waals surface area contributed by atoms with Crippen molar-refractivity contribution in [2.24, 2.45) is 7.05 Å². The van der Waals surface area contributed by atoms with E-state index in [4.69, 9.17) is 0 Å². The molecule has 7 nitrogen and oxygen atoms in total. The van der Waals surface area contributed by atoms with Crippen LogP contribution in [0.15, 0.2) is 53.0 Å². The smallest absolute Gasteiger partial charge is 0.310 e. The average molecular weight is 479 g/mol. The Morgan fingerprint density at radius 2 is 1.97 bits per heavy atom. The Balaban J connectivity index is 1.50. The minimum Gasteiger partial charge on any atom is -0.310 e. The Bertz CT molecular complexity index is 1250. The zero-order valence-electron chi connectivity index (χ0n) is 16.9. The van der Waals surface area contributed by atoms with Gasteiger partial charge in [0.25, 0.3) is 0 Å². The fraction of sp³-hybridized carbons (Fsp3) is 0.200. The van der Waals surface area contributed by atoms with E-state index in [1.54, 1.807) is 11.5 Å². The predicted octanol–water partition coefficient (Wildman–Crippen LogP) is 4.79. The van der Waals surface area contributed by atoms with Crippen LogP contribution in [0.3, 0.4) is 0 Å². The minimum absolute atomic E-state index is 0.00155. The molecule has 0 aliphatic heterocycles. The zero-order chi connectivity index (χ0) is 22.9. The van der Waals surface area contributed by atoms with Crippen LogP contribution in [0.2, 0.25) is 0 Å². The van der Waals surface area contributed by atoms with Crippen molar-refractivity contribution in [1.82, 2.24) is 24.5 Å². The van der Waals surface area contributed by atoms with Crippen LogP contribution in [0.4, 0.5) is 19.0 Å². The maximum atomic E-state index is 13.4. The highest BCUT2D eigenvalue weighted by molar-refractivity contribution is 7.99. The van der Waals surface area contributed by atoms with Gasteiger partial charge in [-0.15, -0.1) is 21.5 Å². The fourth-order valence-electron chi connectivity index (χ4n) is 3.04. The molecule has 0 spiro atoms. The molecule has 0 aliphatic carbocycles. The molecule has 3 aromatic heterocycles. The number of benzene rings is 1. The number of halogens is 3. The molecular weight excluding hydrogens is 461 g/mol. The summed E-state index contributed by atoms with van der Waals surface area (Å²) in [5.41, 5.74) is -0.531. The highest BCUT2D eigenvalue weighted by Crippen LogP contribution is 2.34. The monoisotopic (exact) mass is 478 g/mol. The van der Waals surface area contributed by atoms with Gasteiger partial charge in [-0.05, 0) is 30.5 Å². The summed E-state index contributed by atoms with van der Waals surface area (Å²) in [7, 11) is 1.81. The van der Waals surface area contributed by atoms with Crippen molar-refractivity contribution in [2.75, 3.05) is 11.1 Å². The summed E-state index contributed by atoms with van der Waals surface area (Å²) in [5, 5.41) is 17.6. The van der Waals surface area contributed by atoms with Gasteiger partial charge in [-0.25, -0.2) is 4.68 Å². The van der Waals surface area contributed by atoms with E-state index in [9.17, 15) is 18.0 Å². The van der Waals surface area contributed by atoms with E-state index in [0.717, 1.165) is 15.6 Å². The van der Waals surface area contributed by atoms with Gasteiger partial charge < -0.3 is 9.88 Å². The number of amides is 1. The third-order valence-corrected chi connectivity index (χ3v) is 6.33. The Kier molecular flexibility index (Phi) is 6.07. The highest BCUT2D eigenvalue weighted by Gasteiger charge is 2.34. The quantitative estimate of drug-likeness (QED) is 0.404. The summed E-state index contributed by atoms with van der Waals surface area (Å²) >= 11 is 2.71. The Hall–Kier alpha value is -3.12. The van der Waals surface area contributed by atoms with E-state index in [-0.39, 0.29) is 17.3 Å². The number of thiophene rings is 1. The highest BCUT2D eigenvalue weighted by atomic mass is 32.2. The lowest BCUT2D eigenvalue weighted by molar-refractivity contribution is -0.137. The van der Waals surface area contributed by atoms with Crippen LogP contribution in [-0.2, 0) is 18.0 Å². The molecule has 0 atom stereocenters. The average Bonchev–Trinajstić information content (AvgIpc) is 3.46. The van der Waals surface area contributed by atoms with E-state index in [0.29, 0.717) is 16.7 Å². The number of hydrogen-bond acceptors (Lipinski definition) is 6. The third kappa shape index (κ3) is 4.55. The molecule has 12 heteroatoms. The molecule has 1 N–H and O–H groups in total. The number of aryl methyl sites for hydroxylation is 1. The Morgan fingerprint density at radius 3 is 2.69 bits per heavy atom. The number of rotatable bonds is 6. The van der Waals surface area contributed by atoms with Crippen LogP contribution in [0.5, 0.6) is 0 Å². The molecule has 0 fully saturated rings. The number of alkyl halides is 3. The lowest BCUT2D eigenvalue weighted by Crippen LogP contribution is -2.19. The van der Waals surface area contributed by atoms with Crippen molar-refractivity contribution in [3.05, 3.63) is 59.1 Å². The van der Waals surface area contributed by atoms with Gasteiger partial charge in [0.2, 0.25) is 5.91 Å². The van der Waals surface area contributed by atoms with Crippen LogP contribution in [-0.4, -0.2) is 36.2 Å². The first-order valence-electron chi connectivity index (χ1n) is 9.33. The Morgan fingerprint density at radius 1 is 1.19 bits per heavy atom. The van der Waals surface area contributed by atoms with Crippen molar-refractivity contribution in [3.8, 4) is 16.4 Å². The third-order valence-electron chi connectivity index (χ3n) is 4.45. The normalized spacial score (nSPS) is 11.7. The molecule has 0 radical (unpaired) electrons. The van der Waals surface area contributed by atoms with Crippen LogP contribution < -0.4 is 5.32 Å². The van der Waals surface area contributed by atoms with Crippen molar-refractivity contribution in [2.45, 2.75) is 18.3 Å². The SMILES string of the molecule is Cc1cc(NC(=O)CSc2nnc(-c3cccs3)n2C)n(-c2ccccc2C(F)(F)F)n1. The minimum atomic E-state index is -4.56. The van der Waals surface area contributed by atoms with Gasteiger partial charge >= 0.3 is 6.18 Å². The molecule has 0 aliphatic rings. The summed E-state index contributed by atoms with van der Waals surface area (Å²) < 4.78 is 43.2. The van der Waals surface area contributed by atoms with Crippen LogP contribution >= 0.6 is 23.1 Å². The van der Waals surface area contributed by atoms with Gasteiger partial charge in [-0.3, -0.25) is 4.79 Å². The van der Waals surface area contributed by atoms with Gasteiger partial charge in [0, 0.05) is 13.1 Å². The van der Waals surface area contributed by atoms with Crippen LogP contribution in [0.25, 0.3) is 16.4 Å². The number of hydrogen-bond donors (Lipinski definition) is 1. The Labute approximate surface area is 189 Å². The molecule has 32 heavy (non-hydrogen) atoms. The van der Waals surface area contributed by atoms with Crippen molar-refractivity contribution in [3.63, 3.8) is 0 Å². The summed E-state index contributed by atoms with van der Waals surface area (Å²) in [4.78, 5) is 13.5. The van der Waals surface area contributed by atoms with E-state index >= 15 is 0 Å². The van der Waals surface area contributed by atoms with Gasteiger partial charge in [0.05, 0.1) is 27.6 Å². The lowest BCUT2D eigenvalue weighted by atomic mass is 10.1. The topological polar surface area (TPSA) is 77.6 Å². The second-order valence-corrected chi connectivity index (χ2v) is 8.67. The second kappa shape index (κ2) is 8.79. The van der Waals surface area contributed by atoms with Gasteiger partial charge in [-0.2, -0.15) is 18.3 Å². The number of aromatic nitrogens is 5. The molecular formula is C20H17F3N6OS2. The van der Waals surface area contributed by atoms with Crippen molar-refractivity contribution in [1.29, 1.82) is 0 Å². The molecule has 3 heterocycles. The first kappa shape index (κ1) is 22.1. The van der Waals surface area contributed by atoms with E-state index < -0.39 is 17.6 Å².